The average molecular weight is 574 g/mol. The summed E-state index contributed by atoms with van der Waals surface area (Å²) in [5.74, 6) is -6.16. The summed E-state index contributed by atoms with van der Waals surface area (Å²) in [7, 11) is 0. The number of amides is 1. The number of carbonyl (C=O) groups is 3. The Morgan fingerprint density at radius 2 is 1.98 bits per heavy atom. The van der Waals surface area contributed by atoms with Gasteiger partial charge in [-0.05, 0) is 44.7 Å². The van der Waals surface area contributed by atoms with Crippen molar-refractivity contribution in [2.75, 3.05) is 31.1 Å². The topological polar surface area (TPSA) is 155 Å². The molecule has 0 radical (unpaired) electrons. The van der Waals surface area contributed by atoms with E-state index in [9.17, 15) is 29.4 Å². The van der Waals surface area contributed by atoms with Crippen LogP contribution < -0.4 is 16.1 Å². The number of carboxylic acids is 1. The number of carbonyl (C=O) groups excluding carboxylic acids is 2. The lowest BCUT2D eigenvalue weighted by molar-refractivity contribution is -0.544. The smallest absolute Gasteiger partial charge is 0.400 e. The SMILES string of the molecule is C[C@@H](O)[C@@H]1C(=O)[N+]2=C(C(=O)O)C(COC(=O)c3cn(C4CC4)c4c(F)c(N5CCC(CN)C5)c(F)cc4c3=O)C[C@H]12. The number of carboxylic acid groups (broad SMARTS) is 1. The molecule has 3 fully saturated rings. The van der Waals surface area contributed by atoms with E-state index in [2.05, 4.69) is 0 Å². The minimum absolute atomic E-state index is 0.0778. The number of aromatic nitrogens is 1. The first-order chi connectivity index (χ1) is 19.5. The Morgan fingerprint density at radius 1 is 1.24 bits per heavy atom. The van der Waals surface area contributed by atoms with E-state index in [4.69, 9.17) is 10.5 Å². The Labute approximate surface area is 232 Å². The molecule has 11 nitrogen and oxygen atoms in total. The summed E-state index contributed by atoms with van der Waals surface area (Å²) >= 11 is 0. The highest BCUT2D eigenvalue weighted by Gasteiger charge is 2.65. The molecule has 218 valence electrons. The molecule has 6 rings (SSSR count). The maximum absolute atomic E-state index is 15.9. The van der Waals surface area contributed by atoms with Crippen LogP contribution in [0.3, 0.4) is 0 Å². The van der Waals surface area contributed by atoms with Gasteiger partial charge in [-0.3, -0.25) is 4.79 Å². The number of halogens is 2. The number of anilines is 1. The molecule has 4 heterocycles. The average Bonchev–Trinajstić information content (AvgIpc) is 3.56. The van der Waals surface area contributed by atoms with Crippen molar-refractivity contribution >= 4 is 40.1 Å². The van der Waals surface area contributed by atoms with E-state index in [-0.39, 0.29) is 40.7 Å². The molecule has 4 N–H and O–H groups in total. The van der Waals surface area contributed by atoms with Gasteiger partial charge in [-0.15, -0.1) is 0 Å². The molecule has 0 spiro atoms. The normalized spacial score (nSPS) is 26.4. The van der Waals surface area contributed by atoms with Crippen molar-refractivity contribution in [3.05, 3.63) is 39.7 Å². The number of nitrogens with two attached hydrogens (primary N) is 1. The van der Waals surface area contributed by atoms with Gasteiger partial charge in [-0.2, -0.15) is 4.58 Å². The zero-order chi connectivity index (χ0) is 29.3. The minimum Gasteiger partial charge on any atom is -0.474 e. The Bertz CT molecular complexity index is 1580. The van der Waals surface area contributed by atoms with Crippen molar-refractivity contribution < 1.29 is 42.7 Å². The van der Waals surface area contributed by atoms with Crippen molar-refractivity contribution in [1.82, 2.24) is 4.57 Å². The van der Waals surface area contributed by atoms with Crippen molar-refractivity contribution in [1.29, 1.82) is 0 Å². The van der Waals surface area contributed by atoms with Crippen molar-refractivity contribution in [3.63, 3.8) is 0 Å². The Kier molecular flexibility index (Phi) is 6.68. The van der Waals surface area contributed by atoms with E-state index < -0.39 is 71.1 Å². The number of aliphatic carboxylic acids is 1. The highest BCUT2D eigenvalue weighted by molar-refractivity contribution is 6.35. The molecule has 1 aromatic heterocycles. The maximum Gasteiger partial charge on any atom is 0.400 e. The Balaban J connectivity index is 1.31. The zero-order valence-corrected chi connectivity index (χ0v) is 22.4. The van der Waals surface area contributed by atoms with Gasteiger partial charge in [-0.25, -0.2) is 23.2 Å². The molecule has 0 bridgehead atoms. The third-order valence-electron chi connectivity index (χ3n) is 8.87. The molecule has 1 aliphatic carbocycles. The summed E-state index contributed by atoms with van der Waals surface area (Å²) in [5.41, 5.74) is 3.91. The van der Waals surface area contributed by atoms with Gasteiger partial charge in [0.1, 0.15) is 23.7 Å². The van der Waals surface area contributed by atoms with Crippen LogP contribution in [0, 0.1) is 29.4 Å². The van der Waals surface area contributed by atoms with Crippen LogP contribution in [0.5, 0.6) is 0 Å². The number of benzene rings is 1. The molecule has 5 atom stereocenters. The predicted molar refractivity (Wildman–Crippen MR) is 141 cm³/mol. The van der Waals surface area contributed by atoms with Crippen LogP contribution in [0.15, 0.2) is 17.1 Å². The number of hydrogen-bond donors (Lipinski definition) is 3. The lowest BCUT2D eigenvalue weighted by Crippen LogP contribution is -2.58. The van der Waals surface area contributed by atoms with E-state index >= 15 is 8.78 Å². The van der Waals surface area contributed by atoms with Gasteiger partial charge in [0.15, 0.2) is 17.8 Å². The van der Waals surface area contributed by atoms with Gasteiger partial charge in [0.25, 0.3) is 5.71 Å². The fraction of sp³-hybridized carbons (Fsp3) is 0.536. The van der Waals surface area contributed by atoms with Gasteiger partial charge >= 0.3 is 17.8 Å². The monoisotopic (exact) mass is 573 g/mol. The number of aliphatic hydroxyl groups excluding tert-OH is 1. The summed E-state index contributed by atoms with van der Waals surface area (Å²) < 4.78 is 39.2. The number of fused-ring (bicyclic) bond motifs is 2. The first-order valence-electron chi connectivity index (χ1n) is 13.8. The molecule has 3 aliphatic heterocycles. The van der Waals surface area contributed by atoms with Gasteiger partial charge < -0.3 is 30.2 Å². The molecule has 1 saturated carbocycles. The highest BCUT2D eigenvalue weighted by Crippen LogP contribution is 2.41. The predicted octanol–water partition coefficient (Wildman–Crippen LogP) is 1.02. The van der Waals surface area contributed by atoms with Crippen molar-refractivity contribution in [3.8, 4) is 0 Å². The number of esters is 1. The summed E-state index contributed by atoms with van der Waals surface area (Å²) in [4.78, 5) is 52.5. The van der Waals surface area contributed by atoms with E-state index in [1.165, 1.54) is 17.7 Å². The third-order valence-corrected chi connectivity index (χ3v) is 8.87. The van der Waals surface area contributed by atoms with Crippen molar-refractivity contribution in [2.24, 2.45) is 23.5 Å². The van der Waals surface area contributed by atoms with E-state index in [1.807, 2.05) is 0 Å². The van der Waals surface area contributed by atoms with Gasteiger partial charge in [0.05, 0.1) is 22.9 Å². The van der Waals surface area contributed by atoms with Crippen LogP contribution in [0.1, 0.15) is 49.0 Å². The molecule has 13 heteroatoms. The van der Waals surface area contributed by atoms with Gasteiger partial charge in [0.2, 0.25) is 5.43 Å². The van der Waals surface area contributed by atoms with Gasteiger partial charge in [-0.1, -0.05) is 0 Å². The summed E-state index contributed by atoms with van der Waals surface area (Å²) in [6.45, 7) is 2.25. The number of rotatable bonds is 8. The number of aliphatic hydroxyl groups is 1. The number of β-lactam (4-membered cyclic amide) rings is 1. The van der Waals surface area contributed by atoms with Gasteiger partial charge in [0, 0.05) is 31.7 Å². The molecule has 2 unspecified atom stereocenters. The summed E-state index contributed by atoms with van der Waals surface area (Å²) in [5, 5.41) is 19.3. The molecule has 2 aromatic rings. The molecular weight excluding hydrogens is 542 g/mol. The Hall–Kier alpha value is -3.71. The summed E-state index contributed by atoms with van der Waals surface area (Å²) in [6, 6.07) is 0.254. The largest absolute Gasteiger partial charge is 0.474 e. The first kappa shape index (κ1) is 27.5. The number of pyridine rings is 1. The van der Waals surface area contributed by atoms with Crippen molar-refractivity contribution in [2.45, 2.75) is 50.8 Å². The minimum atomic E-state index is -1.34. The quantitative estimate of drug-likeness (QED) is 0.239. The summed E-state index contributed by atoms with van der Waals surface area (Å²) in [6.07, 6.45) is 2.51. The molecule has 1 amide bonds. The lowest BCUT2D eigenvalue weighted by atomic mass is 9.83. The standard InChI is InChI=1S/C28H30F2N4O7/c1-12(35)20-19-6-14(22(27(38)39)34(19)26(20)37)11-41-28(40)17-10-33(15-2-3-15)23-16(25(17)36)7-18(29)24(21(23)30)32-5-4-13(8-31)9-32/h7,10,12-15,19-20,35H,2-6,8-9,11,31H2,1H3/p+1/t12-,13?,14?,19-,20+/m1/s1. The second kappa shape index (κ2) is 9.98. The van der Waals surface area contributed by atoms with Crippen LogP contribution in [-0.2, 0) is 14.3 Å². The first-order valence-corrected chi connectivity index (χ1v) is 13.8. The highest BCUT2D eigenvalue weighted by atomic mass is 19.1. The van der Waals surface area contributed by atoms with Crippen LogP contribution in [0.4, 0.5) is 14.5 Å². The number of nitrogens with zero attached hydrogens (tertiary/aromatic N) is 3. The van der Waals surface area contributed by atoms with Crippen LogP contribution in [0.2, 0.25) is 0 Å². The second-order valence-electron chi connectivity index (χ2n) is 11.5. The molecule has 41 heavy (non-hydrogen) atoms. The number of ether oxygens (including phenoxy) is 1. The number of hydrogen-bond acceptors (Lipinski definition) is 8. The van der Waals surface area contributed by atoms with E-state index in [0.29, 0.717) is 38.9 Å². The van der Waals surface area contributed by atoms with Crippen LogP contribution >= 0.6 is 0 Å². The molecule has 4 aliphatic rings. The lowest BCUT2D eigenvalue weighted by Gasteiger charge is -2.28. The van der Waals surface area contributed by atoms with E-state index in [0.717, 1.165) is 10.6 Å². The fourth-order valence-corrected chi connectivity index (χ4v) is 6.66. The fourth-order valence-electron chi connectivity index (χ4n) is 6.66. The third kappa shape index (κ3) is 4.33. The van der Waals surface area contributed by atoms with Crippen LogP contribution in [0.25, 0.3) is 10.9 Å². The molecular formula is C28H31F2N4O7+. The Morgan fingerprint density at radius 3 is 2.59 bits per heavy atom. The van der Waals surface area contributed by atoms with E-state index in [1.54, 1.807) is 4.90 Å². The maximum atomic E-state index is 15.9. The zero-order valence-electron chi connectivity index (χ0n) is 22.4. The van der Waals surface area contributed by atoms with Crippen LogP contribution in [-0.4, -0.2) is 81.3 Å². The molecule has 1 aromatic carbocycles. The second-order valence-corrected chi connectivity index (χ2v) is 11.5. The molecule has 2 saturated heterocycles.